The number of hydrogen-bond donors (Lipinski definition) is 1. The first kappa shape index (κ1) is 13.1. The van der Waals surface area contributed by atoms with Crippen molar-refractivity contribution in [1.29, 1.82) is 5.26 Å². The Morgan fingerprint density at radius 1 is 1.32 bits per heavy atom. The van der Waals surface area contributed by atoms with Gasteiger partial charge in [0.1, 0.15) is 11.6 Å². The third-order valence-corrected chi connectivity index (χ3v) is 2.50. The van der Waals surface area contributed by atoms with Crippen molar-refractivity contribution in [2.24, 2.45) is 0 Å². The molecule has 5 nitrogen and oxygen atoms in total. The second-order valence-corrected chi connectivity index (χ2v) is 3.80. The fraction of sp³-hybridized carbons (Fsp3) is 0.250. The molecule has 1 N–H and O–H groups in total. The molecule has 2 rings (SSSR count). The fourth-order valence-corrected chi connectivity index (χ4v) is 1.55. The second-order valence-electron chi connectivity index (χ2n) is 3.80. The minimum Gasteiger partial charge on any atom is -0.343 e. The SMILES string of the molecule is N#Cc1cc(F)c(CNCCc2ncon2)c(F)c1. The van der Waals surface area contributed by atoms with Crippen LogP contribution in [0.3, 0.4) is 0 Å². The lowest BCUT2D eigenvalue weighted by Crippen LogP contribution is -2.19. The molecule has 1 aromatic carbocycles. The molecule has 98 valence electrons. The molecule has 0 aliphatic rings. The number of aromatic nitrogens is 2. The molecule has 0 spiro atoms. The van der Waals surface area contributed by atoms with E-state index in [1.807, 2.05) is 0 Å². The Hall–Kier alpha value is -2.33. The summed E-state index contributed by atoms with van der Waals surface area (Å²) in [5.74, 6) is -0.944. The zero-order valence-corrected chi connectivity index (χ0v) is 9.86. The van der Waals surface area contributed by atoms with E-state index in [1.54, 1.807) is 6.07 Å². The highest BCUT2D eigenvalue weighted by Crippen LogP contribution is 2.14. The fourth-order valence-electron chi connectivity index (χ4n) is 1.55. The van der Waals surface area contributed by atoms with Gasteiger partial charge in [-0.15, -0.1) is 0 Å². The van der Waals surface area contributed by atoms with Crippen LogP contribution in [0.5, 0.6) is 0 Å². The van der Waals surface area contributed by atoms with Crippen LogP contribution in [-0.4, -0.2) is 16.7 Å². The number of halogens is 2. The van der Waals surface area contributed by atoms with Crippen molar-refractivity contribution in [2.75, 3.05) is 6.54 Å². The quantitative estimate of drug-likeness (QED) is 0.829. The third-order valence-electron chi connectivity index (χ3n) is 2.50. The molecule has 1 heterocycles. The molecular weight excluding hydrogens is 254 g/mol. The smallest absolute Gasteiger partial charge is 0.213 e. The van der Waals surface area contributed by atoms with Crippen LogP contribution in [0.1, 0.15) is 17.0 Å². The summed E-state index contributed by atoms with van der Waals surface area (Å²) in [6, 6.07) is 3.72. The Bertz CT molecular complexity index is 569. The van der Waals surface area contributed by atoms with Gasteiger partial charge < -0.3 is 9.84 Å². The third kappa shape index (κ3) is 3.33. The first-order chi connectivity index (χ1) is 9.20. The largest absolute Gasteiger partial charge is 0.343 e. The second kappa shape index (κ2) is 6.02. The summed E-state index contributed by atoms with van der Waals surface area (Å²) in [7, 11) is 0. The highest BCUT2D eigenvalue weighted by molar-refractivity contribution is 5.34. The van der Waals surface area contributed by atoms with E-state index < -0.39 is 11.6 Å². The van der Waals surface area contributed by atoms with Gasteiger partial charge in [0, 0.05) is 25.1 Å². The molecule has 7 heteroatoms. The number of nitrogens with zero attached hydrogens (tertiary/aromatic N) is 3. The molecular formula is C12H10F2N4O. The van der Waals surface area contributed by atoms with Gasteiger partial charge in [-0.1, -0.05) is 5.16 Å². The standard InChI is InChI=1S/C12H10F2N4O/c13-10-3-8(5-15)4-11(14)9(10)6-16-2-1-12-17-7-19-18-12/h3-4,7,16H,1-2,6H2. The molecule has 19 heavy (non-hydrogen) atoms. The Morgan fingerprint density at radius 2 is 2.05 bits per heavy atom. The molecule has 0 atom stereocenters. The summed E-state index contributed by atoms with van der Waals surface area (Å²) in [5, 5.41) is 15.1. The maximum Gasteiger partial charge on any atom is 0.213 e. The Morgan fingerprint density at radius 3 is 2.63 bits per heavy atom. The maximum absolute atomic E-state index is 13.5. The molecule has 0 amide bonds. The molecule has 2 aromatic rings. The average molecular weight is 264 g/mol. The molecule has 0 aliphatic carbocycles. The van der Waals surface area contributed by atoms with Crippen molar-refractivity contribution in [3.8, 4) is 6.07 Å². The van der Waals surface area contributed by atoms with Crippen LogP contribution in [0.2, 0.25) is 0 Å². The van der Waals surface area contributed by atoms with Crippen LogP contribution < -0.4 is 5.32 Å². The van der Waals surface area contributed by atoms with Crippen LogP contribution in [0, 0.1) is 23.0 Å². The van der Waals surface area contributed by atoms with E-state index in [4.69, 9.17) is 5.26 Å². The van der Waals surface area contributed by atoms with E-state index in [-0.39, 0.29) is 17.7 Å². The van der Waals surface area contributed by atoms with E-state index in [9.17, 15) is 8.78 Å². The normalized spacial score (nSPS) is 10.4. The molecule has 1 aromatic heterocycles. The van der Waals surface area contributed by atoms with Crippen molar-refractivity contribution in [3.63, 3.8) is 0 Å². The maximum atomic E-state index is 13.5. The van der Waals surface area contributed by atoms with Gasteiger partial charge in [-0.2, -0.15) is 10.2 Å². The van der Waals surface area contributed by atoms with Gasteiger partial charge in [0.15, 0.2) is 5.82 Å². The lowest BCUT2D eigenvalue weighted by atomic mass is 10.1. The van der Waals surface area contributed by atoms with Crippen molar-refractivity contribution >= 4 is 0 Å². The number of benzene rings is 1. The van der Waals surface area contributed by atoms with Crippen LogP contribution in [0.15, 0.2) is 23.0 Å². The van der Waals surface area contributed by atoms with Crippen molar-refractivity contribution in [1.82, 2.24) is 15.5 Å². The number of rotatable bonds is 5. The van der Waals surface area contributed by atoms with Crippen LogP contribution in [-0.2, 0) is 13.0 Å². The van der Waals surface area contributed by atoms with E-state index in [0.29, 0.717) is 18.8 Å². The highest BCUT2D eigenvalue weighted by Gasteiger charge is 2.10. The van der Waals surface area contributed by atoms with Gasteiger partial charge in [0.05, 0.1) is 11.6 Å². The monoisotopic (exact) mass is 264 g/mol. The summed E-state index contributed by atoms with van der Waals surface area (Å²) in [6.07, 6.45) is 1.71. The Kier molecular flexibility index (Phi) is 4.15. The molecule has 0 saturated heterocycles. The van der Waals surface area contributed by atoms with Gasteiger partial charge in [-0.25, -0.2) is 8.78 Å². The highest BCUT2D eigenvalue weighted by atomic mass is 19.1. The van der Waals surface area contributed by atoms with E-state index >= 15 is 0 Å². The van der Waals surface area contributed by atoms with E-state index in [2.05, 4.69) is 20.0 Å². The first-order valence-corrected chi connectivity index (χ1v) is 5.54. The Balaban J connectivity index is 1.91. The first-order valence-electron chi connectivity index (χ1n) is 5.54. The van der Waals surface area contributed by atoms with Crippen LogP contribution in [0.25, 0.3) is 0 Å². The van der Waals surface area contributed by atoms with Gasteiger partial charge in [-0.05, 0) is 12.1 Å². The lowest BCUT2D eigenvalue weighted by molar-refractivity contribution is 0.409. The summed E-state index contributed by atoms with van der Waals surface area (Å²) in [6.45, 7) is 0.486. The topological polar surface area (TPSA) is 74.7 Å². The zero-order chi connectivity index (χ0) is 13.7. The molecule has 0 unspecified atom stereocenters. The molecule has 0 radical (unpaired) electrons. The van der Waals surface area contributed by atoms with Crippen molar-refractivity contribution in [2.45, 2.75) is 13.0 Å². The van der Waals surface area contributed by atoms with E-state index in [0.717, 1.165) is 12.1 Å². The van der Waals surface area contributed by atoms with Gasteiger partial charge in [0.2, 0.25) is 6.39 Å². The summed E-state index contributed by atoms with van der Waals surface area (Å²) >= 11 is 0. The average Bonchev–Trinajstić information content (AvgIpc) is 2.89. The summed E-state index contributed by atoms with van der Waals surface area (Å²) < 4.78 is 31.6. The number of hydrogen-bond acceptors (Lipinski definition) is 5. The molecule has 0 bridgehead atoms. The zero-order valence-electron chi connectivity index (χ0n) is 9.86. The molecule has 0 saturated carbocycles. The van der Waals surface area contributed by atoms with Gasteiger partial charge in [0.25, 0.3) is 0 Å². The summed E-state index contributed by atoms with van der Waals surface area (Å²) in [4.78, 5) is 3.82. The van der Waals surface area contributed by atoms with Crippen molar-refractivity contribution in [3.05, 3.63) is 47.1 Å². The lowest BCUT2D eigenvalue weighted by Gasteiger charge is -2.06. The van der Waals surface area contributed by atoms with Gasteiger partial charge in [-0.3, -0.25) is 0 Å². The minimum atomic E-state index is -0.733. The molecule has 0 fully saturated rings. The number of nitriles is 1. The van der Waals surface area contributed by atoms with Gasteiger partial charge >= 0.3 is 0 Å². The minimum absolute atomic E-state index is 0.0290. The molecule has 0 aliphatic heterocycles. The van der Waals surface area contributed by atoms with Crippen molar-refractivity contribution < 1.29 is 13.3 Å². The predicted molar refractivity (Wildman–Crippen MR) is 60.8 cm³/mol. The summed E-state index contributed by atoms with van der Waals surface area (Å²) in [5.41, 5.74) is -0.127. The predicted octanol–water partition coefficient (Wildman–Crippen LogP) is 1.55. The Labute approximate surface area is 107 Å². The van der Waals surface area contributed by atoms with Crippen LogP contribution in [0.4, 0.5) is 8.78 Å². The van der Waals surface area contributed by atoms with E-state index in [1.165, 1.54) is 6.39 Å². The van der Waals surface area contributed by atoms with Crippen LogP contribution >= 0.6 is 0 Å². The number of nitrogens with one attached hydrogen (secondary N) is 1.